The van der Waals surface area contributed by atoms with Crippen molar-refractivity contribution in [1.82, 2.24) is 10.6 Å². The molecular formula is C30H37F4N3O7. The summed E-state index contributed by atoms with van der Waals surface area (Å²) >= 11 is 0. The number of esters is 1. The van der Waals surface area contributed by atoms with Crippen LogP contribution in [0.5, 0.6) is 5.75 Å². The number of rotatable bonds is 10. The van der Waals surface area contributed by atoms with E-state index in [1.165, 1.54) is 6.92 Å². The Bertz CT molecular complexity index is 1360. The zero-order valence-electron chi connectivity index (χ0n) is 25.4. The normalized spacial score (nSPS) is 13.7. The van der Waals surface area contributed by atoms with Gasteiger partial charge in [-0.3, -0.25) is 19.2 Å². The molecule has 44 heavy (non-hydrogen) atoms. The Hall–Kier alpha value is -4.20. The van der Waals surface area contributed by atoms with E-state index < -0.39 is 89.5 Å². The maximum Gasteiger partial charge on any atom is 0.313 e. The fraction of sp³-hybridized carbons (Fsp3) is 0.467. The number of halogens is 4. The van der Waals surface area contributed by atoms with Crippen molar-refractivity contribution in [3.8, 4) is 5.75 Å². The van der Waals surface area contributed by atoms with Crippen molar-refractivity contribution in [3.05, 3.63) is 59.2 Å². The van der Waals surface area contributed by atoms with Crippen molar-refractivity contribution >= 4 is 29.4 Å². The van der Waals surface area contributed by atoms with Gasteiger partial charge in [0, 0.05) is 11.8 Å². The zero-order valence-corrected chi connectivity index (χ0v) is 25.4. The monoisotopic (exact) mass is 627 g/mol. The van der Waals surface area contributed by atoms with E-state index in [0.717, 1.165) is 5.56 Å². The van der Waals surface area contributed by atoms with Crippen LogP contribution in [0, 0.1) is 23.3 Å². The maximum absolute atomic E-state index is 14.0. The number of carbonyl (C=O) groups is 4. The summed E-state index contributed by atoms with van der Waals surface area (Å²) < 4.78 is 65.1. The number of carbonyl (C=O) groups excluding carboxylic acids is 4. The van der Waals surface area contributed by atoms with Gasteiger partial charge in [0.15, 0.2) is 17.4 Å². The molecule has 0 spiro atoms. The molecule has 0 aliphatic rings. The molecule has 4 N–H and O–H groups in total. The van der Waals surface area contributed by atoms with E-state index in [4.69, 9.17) is 9.47 Å². The summed E-state index contributed by atoms with van der Waals surface area (Å²) in [5.74, 6) is -12.8. The molecule has 0 bridgehead atoms. The fourth-order valence-corrected chi connectivity index (χ4v) is 3.87. The van der Waals surface area contributed by atoms with Crippen LogP contribution in [-0.2, 0) is 29.3 Å². The third-order valence-corrected chi connectivity index (χ3v) is 6.00. The van der Waals surface area contributed by atoms with Crippen molar-refractivity contribution in [2.45, 2.75) is 84.1 Å². The van der Waals surface area contributed by atoms with Crippen LogP contribution < -0.4 is 20.7 Å². The number of anilines is 1. The third-order valence-electron chi connectivity index (χ3n) is 6.00. The summed E-state index contributed by atoms with van der Waals surface area (Å²) in [7, 11) is 0. The molecule has 0 aliphatic heterocycles. The van der Waals surface area contributed by atoms with E-state index in [-0.39, 0.29) is 11.5 Å². The lowest BCUT2D eigenvalue weighted by Crippen LogP contribution is -2.54. The largest absolute Gasteiger partial charge is 0.485 e. The first-order chi connectivity index (χ1) is 20.2. The van der Waals surface area contributed by atoms with Gasteiger partial charge < -0.3 is 30.5 Å². The van der Waals surface area contributed by atoms with Gasteiger partial charge >= 0.3 is 17.8 Å². The summed E-state index contributed by atoms with van der Waals surface area (Å²) in [6.45, 7) is 10.6. The molecule has 0 aromatic heterocycles. The second-order valence-electron chi connectivity index (χ2n) is 12.0. The first-order valence-electron chi connectivity index (χ1n) is 13.6. The molecule has 2 aromatic carbocycles. The number of ether oxygens (including phenoxy) is 2. The maximum atomic E-state index is 14.0. The van der Waals surface area contributed by atoms with Crippen LogP contribution in [-0.4, -0.2) is 59.2 Å². The van der Waals surface area contributed by atoms with Gasteiger partial charge in [0.1, 0.15) is 24.4 Å². The molecule has 14 heteroatoms. The highest BCUT2D eigenvalue weighted by Gasteiger charge is 2.31. The topological polar surface area (TPSA) is 143 Å². The number of amides is 3. The number of aliphatic hydroxyl groups excluding tert-OH is 1. The smallest absolute Gasteiger partial charge is 0.313 e. The lowest BCUT2D eigenvalue weighted by molar-refractivity contribution is -0.156. The van der Waals surface area contributed by atoms with Crippen LogP contribution >= 0.6 is 0 Å². The second-order valence-corrected chi connectivity index (χ2v) is 12.0. The molecule has 2 aromatic rings. The fourth-order valence-electron chi connectivity index (χ4n) is 3.87. The molecule has 0 fully saturated rings. The Labute approximate surface area is 252 Å². The number of hydrogen-bond acceptors (Lipinski definition) is 7. The number of benzene rings is 2. The van der Waals surface area contributed by atoms with Crippen molar-refractivity contribution < 1.29 is 51.3 Å². The average molecular weight is 628 g/mol. The van der Waals surface area contributed by atoms with Gasteiger partial charge in [-0.25, -0.2) is 8.78 Å². The highest BCUT2D eigenvalue weighted by molar-refractivity contribution is 6.40. The van der Waals surface area contributed by atoms with Crippen molar-refractivity contribution in [3.63, 3.8) is 0 Å². The van der Waals surface area contributed by atoms with Crippen LogP contribution in [0.2, 0.25) is 0 Å². The van der Waals surface area contributed by atoms with Gasteiger partial charge in [0.05, 0.1) is 12.5 Å². The van der Waals surface area contributed by atoms with Gasteiger partial charge in [-0.1, -0.05) is 39.0 Å². The third kappa shape index (κ3) is 10.2. The minimum Gasteiger partial charge on any atom is -0.485 e. The molecule has 0 aliphatic carbocycles. The van der Waals surface area contributed by atoms with Crippen LogP contribution in [0.15, 0.2) is 30.3 Å². The first-order valence-corrected chi connectivity index (χ1v) is 13.6. The van der Waals surface area contributed by atoms with E-state index in [9.17, 15) is 41.8 Å². The molecule has 0 heterocycles. The molecule has 0 radical (unpaired) electrons. The van der Waals surface area contributed by atoms with Gasteiger partial charge in [0.25, 0.3) is 0 Å². The molecule has 242 valence electrons. The van der Waals surface area contributed by atoms with E-state index in [1.807, 2.05) is 20.8 Å². The Morgan fingerprint density at radius 2 is 1.45 bits per heavy atom. The van der Waals surface area contributed by atoms with Crippen molar-refractivity contribution in [2.75, 3.05) is 11.9 Å². The SMILES string of the molecule is C[C@H](NC(=O)C(=O)Nc1ccccc1C(C)(C)C)C(=O)N[C@@H](CC(=O)OC(C)(C)C)C(O)COc1c(F)c(F)cc(F)c1F. The van der Waals surface area contributed by atoms with E-state index >= 15 is 0 Å². The van der Waals surface area contributed by atoms with E-state index in [0.29, 0.717) is 5.69 Å². The summed E-state index contributed by atoms with van der Waals surface area (Å²) in [6.07, 6.45) is -2.56. The van der Waals surface area contributed by atoms with Crippen molar-refractivity contribution in [2.24, 2.45) is 0 Å². The Balaban J connectivity index is 2.15. The Morgan fingerprint density at radius 3 is 2.00 bits per heavy atom. The highest BCUT2D eigenvalue weighted by atomic mass is 19.2. The molecule has 1 unspecified atom stereocenters. The molecule has 2 rings (SSSR count). The number of hydrogen-bond donors (Lipinski definition) is 4. The molecule has 0 saturated carbocycles. The van der Waals surface area contributed by atoms with Crippen LogP contribution in [0.3, 0.4) is 0 Å². The highest BCUT2D eigenvalue weighted by Crippen LogP contribution is 2.29. The molecule has 10 nitrogen and oxygen atoms in total. The summed E-state index contributed by atoms with van der Waals surface area (Å²) in [5.41, 5.74) is -0.168. The van der Waals surface area contributed by atoms with Gasteiger partial charge in [-0.2, -0.15) is 8.78 Å². The van der Waals surface area contributed by atoms with E-state index in [1.54, 1.807) is 45.0 Å². The lowest BCUT2D eigenvalue weighted by Gasteiger charge is -2.27. The number of nitrogens with one attached hydrogen (secondary N) is 3. The van der Waals surface area contributed by atoms with Crippen molar-refractivity contribution in [1.29, 1.82) is 0 Å². The second kappa shape index (κ2) is 14.5. The van der Waals surface area contributed by atoms with Crippen LogP contribution in [0.25, 0.3) is 0 Å². The lowest BCUT2D eigenvalue weighted by atomic mass is 9.86. The predicted octanol–water partition coefficient (Wildman–Crippen LogP) is 3.64. The average Bonchev–Trinajstić information content (AvgIpc) is 2.89. The summed E-state index contributed by atoms with van der Waals surface area (Å²) in [6, 6.07) is 3.91. The minimum atomic E-state index is -1.88. The number of aliphatic hydroxyl groups is 1. The van der Waals surface area contributed by atoms with Crippen LogP contribution in [0.4, 0.5) is 23.2 Å². The van der Waals surface area contributed by atoms with Gasteiger partial charge in [-0.15, -0.1) is 0 Å². The summed E-state index contributed by atoms with van der Waals surface area (Å²) in [5, 5.41) is 17.7. The molecule has 0 saturated heterocycles. The van der Waals surface area contributed by atoms with Gasteiger partial charge in [-0.05, 0) is 44.7 Å². The molecule has 3 amide bonds. The Morgan fingerprint density at radius 1 is 0.886 bits per heavy atom. The van der Waals surface area contributed by atoms with Crippen LogP contribution in [0.1, 0.15) is 60.5 Å². The Kier molecular flexibility index (Phi) is 11.9. The minimum absolute atomic E-state index is 0.0290. The quantitative estimate of drug-likeness (QED) is 0.136. The number of para-hydroxylation sites is 1. The molecule has 3 atom stereocenters. The molecular weight excluding hydrogens is 590 g/mol. The first kappa shape index (κ1) is 36.0. The standard InChI is InChI=1S/C30H37F4N3O7/c1-15(35-27(41)28(42)36-19-11-9-8-10-16(19)29(2,3)4)26(40)37-20(13-22(39)44-30(5,6)7)21(38)14-43-25-23(33)17(31)12-18(32)24(25)34/h8-12,15,20-21,38H,13-14H2,1-7H3,(H,35,41)(H,36,42)(H,37,40)/t15-,20-,21?/m0/s1. The van der Waals surface area contributed by atoms with E-state index in [2.05, 4.69) is 16.0 Å². The zero-order chi connectivity index (χ0) is 33.6. The van der Waals surface area contributed by atoms with Gasteiger partial charge in [0.2, 0.25) is 17.5 Å². The summed E-state index contributed by atoms with van der Waals surface area (Å²) in [4.78, 5) is 50.6. The predicted molar refractivity (Wildman–Crippen MR) is 152 cm³/mol.